The van der Waals surface area contributed by atoms with Gasteiger partial charge in [0, 0.05) is 18.0 Å². The molecule has 0 aromatic heterocycles. The van der Waals surface area contributed by atoms with Crippen LogP contribution in [0.5, 0.6) is 0 Å². The summed E-state index contributed by atoms with van der Waals surface area (Å²) in [6, 6.07) is 8.85. The van der Waals surface area contributed by atoms with Gasteiger partial charge in [-0.25, -0.2) is 0 Å². The summed E-state index contributed by atoms with van der Waals surface area (Å²) >= 11 is 5.51. The molecule has 3 aliphatic rings. The normalized spacial score (nSPS) is 30.4. The Hall–Kier alpha value is -1.22. The number of thiocarbonyl (C=S) groups is 1. The Kier molecular flexibility index (Phi) is 2.59. The molecule has 0 N–H and O–H groups in total. The molecular weight excluding hydrogens is 264 g/mol. The van der Waals surface area contributed by atoms with Crippen molar-refractivity contribution in [2.45, 2.75) is 44.2 Å². The van der Waals surface area contributed by atoms with Crippen LogP contribution in [0.25, 0.3) is 0 Å². The van der Waals surface area contributed by atoms with Gasteiger partial charge in [0.1, 0.15) is 4.99 Å². The molecule has 3 heteroatoms. The van der Waals surface area contributed by atoms with Gasteiger partial charge in [-0.3, -0.25) is 4.99 Å². The average molecular weight is 284 g/mol. The third-order valence-electron chi connectivity index (χ3n) is 5.65. The Morgan fingerprint density at radius 1 is 1.15 bits per heavy atom. The number of hydrogen-bond acceptors (Lipinski definition) is 2. The van der Waals surface area contributed by atoms with Crippen LogP contribution in [0.1, 0.15) is 43.2 Å². The lowest BCUT2D eigenvalue weighted by Crippen LogP contribution is -2.52. The fraction of sp³-hybridized carbons (Fsp3) is 0.529. The molecule has 20 heavy (non-hydrogen) atoms. The molecular formula is C17H20N2S. The first kappa shape index (κ1) is 12.5. The van der Waals surface area contributed by atoms with Gasteiger partial charge in [-0.05, 0) is 24.8 Å². The van der Waals surface area contributed by atoms with Gasteiger partial charge in [-0.2, -0.15) is 0 Å². The number of nitrogens with zero attached hydrogens (tertiary/aromatic N) is 2. The van der Waals surface area contributed by atoms with E-state index in [1.807, 2.05) is 6.21 Å². The van der Waals surface area contributed by atoms with Crippen LogP contribution in [-0.2, 0) is 12.1 Å². The largest absolute Gasteiger partial charge is 0.336 e. The lowest BCUT2D eigenvalue weighted by molar-refractivity contribution is 0.0131. The van der Waals surface area contributed by atoms with E-state index in [4.69, 9.17) is 17.2 Å². The Balaban J connectivity index is 1.95. The van der Waals surface area contributed by atoms with E-state index in [2.05, 4.69) is 36.2 Å². The van der Waals surface area contributed by atoms with Gasteiger partial charge < -0.3 is 4.90 Å². The monoisotopic (exact) mass is 284 g/mol. The zero-order chi connectivity index (χ0) is 13.8. The summed E-state index contributed by atoms with van der Waals surface area (Å²) < 4.78 is 0. The van der Waals surface area contributed by atoms with E-state index in [0.717, 1.165) is 11.4 Å². The first-order valence-electron chi connectivity index (χ1n) is 7.61. The molecule has 1 saturated carbocycles. The molecule has 1 heterocycles. The fourth-order valence-electron chi connectivity index (χ4n) is 4.77. The van der Waals surface area contributed by atoms with Crippen molar-refractivity contribution in [1.82, 2.24) is 4.90 Å². The molecule has 104 valence electrons. The second-order valence-corrected chi connectivity index (χ2v) is 6.92. The van der Waals surface area contributed by atoms with E-state index in [0.29, 0.717) is 0 Å². The summed E-state index contributed by atoms with van der Waals surface area (Å²) in [5.74, 6) is 0. The maximum atomic E-state index is 5.51. The zero-order valence-electron chi connectivity index (χ0n) is 11.9. The van der Waals surface area contributed by atoms with Crippen molar-refractivity contribution in [1.29, 1.82) is 0 Å². The van der Waals surface area contributed by atoms with Crippen molar-refractivity contribution >= 4 is 23.4 Å². The number of rotatable bonds is 0. The third-order valence-corrected chi connectivity index (χ3v) is 6.03. The fourth-order valence-corrected chi connectivity index (χ4v) is 4.95. The van der Waals surface area contributed by atoms with Gasteiger partial charge in [0.25, 0.3) is 0 Å². The number of benzene rings is 1. The van der Waals surface area contributed by atoms with Gasteiger partial charge in [0.05, 0.1) is 6.21 Å². The van der Waals surface area contributed by atoms with Gasteiger partial charge in [-0.15, -0.1) is 0 Å². The maximum Gasteiger partial charge on any atom is 0.164 e. The van der Waals surface area contributed by atoms with Crippen LogP contribution in [0.4, 0.5) is 0 Å². The summed E-state index contributed by atoms with van der Waals surface area (Å²) in [4.78, 5) is 8.15. The SMILES string of the molecule is CN1C(=S)C=NC12c1ccccc1CC21CCCCC1. The smallest absolute Gasteiger partial charge is 0.164 e. The molecule has 2 nitrogen and oxygen atoms in total. The Morgan fingerprint density at radius 3 is 2.60 bits per heavy atom. The highest BCUT2D eigenvalue weighted by Gasteiger charge is 2.61. The van der Waals surface area contributed by atoms with Crippen LogP contribution in [0.3, 0.4) is 0 Å². The van der Waals surface area contributed by atoms with Crippen LogP contribution in [0.15, 0.2) is 29.3 Å². The van der Waals surface area contributed by atoms with E-state index >= 15 is 0 Å². The van der Waals surface area contributed by atoms with Crippen LogP contribution >= 0.6 is 12.2 Å². The molecule has 0 amide bonds. The Bertz CT molecular complexity index is 601. The van der Waals surface area contributed by atoms with E-state index < -0.39 is 0 Å². The van der Waals surface area contributed by atoms with Gasteiger partial charge in [-0.1, -0.05) is 55.7 Å². The molecule has 1 aromatic rings. The van der Waals surface area contributed by atoms with Crippen molar-refractivity contribution in [2.75, 3.05) is 7.05 Å². The summed E-state index contributed by atoms with van der Waals surface area (Å²) in [5, 5.41) is 0. The van der Waals surface area contributed by atoms with E-state index in [1.165, 1.54) is 43.2 Å². The second-order valence-electron chi connectivity index (χ2n) is 6.50. The molecule has 2 spiro atoms. The summed E-state index contributed by atoms with van der Waals surface area (Å²) in [5.41, 5.74) is 2.89. The first-order valence-corrected chi connectivity index (χ1v) is 8.02. The highest BCUT2D eigenvalue weighted by Crippen LogP contribution is 2.61. The Morgan fingerprint density at radius 2 is 1.90 bits per heavy atom. The van der Waals surface area contributed by atoms with Crippen LogP contribution < -0.4 is 0 Å². The van der Waals surface area contributed by atoms with Crippen molar-refractivity contribution < 1.29 is 0 Å². The van der Waals surface area contributed by atoms with Gasteiger partial charge >= 0.3 is 0 Å². The van der Waals surface area contributed by atoms with Crippen molar-refractivity contribution in [3.8, 4) is 0 Å². The minimum Gasteiger partial charge on any atom is -0.336 e. The molecule has 1 atom stereocenters. The number of hydrogen-bond donors (Lipinski definition) is 0. The molecule has 2 aliphatic carbocycles. The molecule has 1 unspecified atom stereocenters. The highest BCUT2D eigenvalue weighted by atomic mass is 32.1. The van der Waals surface area contributed by atoms with Gasteiger partial charge in [0.2, 0.25) is 0 Å². The first-order chi connectivity index (χ1) is 9.70. The predicted molar refractivity (Wildman–Crippen MR) is 86.2 cm³/mol. The molecule has 1 aromatic carbocycles. The summed E-state index contributed by atoms with van der Waals surface area (Å²) in [6.45, 7) is 0. The molecule has 0 bridgehead atoms. The maximum absolute atomic E-state index is 5.51. The van der Waals surface area contributed by atoms with Gasteiger partial charge in [0.15, 0.2) is 5.66 Å². The minimum absolute atomic E-state index is 0.221. The van der Waals surface area contributed by atoms with Crippen molar-refractivity contribution in [3.63, 3.8) is 0 Å². The summed E-state index contributed by atoms with van der Waals surface area (Å²) in [6.07, 6.45) is 9.63. The second kappa shape index (κ2) is 4.14. The van der Waals surface area contributed by atoms with Crippen LogP contribution in [0, 0.1) is 5.41 Å². The lowest BCUT2D eigenvalue weighted by Gasteiger charge is -2.49. The van der Waals surface area contributed by atoms with E-state index in [-0.39, 0.29) is 11.1 Å². The minimum atomic E-state index is -0.221. The molecule has 4 rings (SSSR count). The topological polar surface area (TPSA) is 15.6 Å². The molecule has 0 saturated heterocycles. The van der Waals surface area contributed by atoms with E-state index in [1.54, 1.807) is 0 Å². The number of fused-ring (bicyclic) bond motifs is 3. The molecule has 1 aliphatic heterocycles. The predicted octanol–water partition coefficient (Wildman–Crippen LogP) is 3.69. The van der Waals surface area contributed by atoms with E-state index in [9.17, 15) is 0 Å². The molecule has 1 fully saturated rings. The average Bonchev–Trinajstić information content (AvgIpc) is 2.92. The zero-order valence-corrected chi connectivity index (χ0v) is 12.7. The summed E-state index contributed by atoms with van der Waals surface area (Å²) in [7, 11) is 2.13. The highest BCUT2D eigenvalue weighted by molar-refractivity contribution is 7.81. The quantitative estimate of drug-likeness (QED) is 0.675. The Labute approximate surface area is 125 Å². The standard InChI is InChI=1S/C17H20N2S/c1-19-15(20)12-18-17(19)14-8-4-3-7-13(14)11-16(17)9-5-2-6-10-16/h3-4,7-8,12H,2,5-6,9-11H2,1H3. The van der Waals surface area contributed by atoms with Crippen molar-refractivity contribution in [2.24, 2.45) is 10.4 Å². The van der Waals surface area contributed by atoms with Crippen LogP contribution in [-0.4, -0.2) is 23.2 Å². The number of aliphatic imine (C=N–C) groups is 1. The molecule has 0 radical (unpaired) electrons. The van der Waals surface area contributed by atoms with Crippen molar-refractivity contribution in [3.05, 3.63) is 35.4 Å². The van der Waals surface area contributed by atoms with Crippen LogP contribution in [0.2, 0.25) is 0 Å². The third kappa shape index (κ3) is 1.34. The lowest BCUT2D eigenvalue weighted by atomic mass is 9.65.